The van der Waals surface area contributed by atoms with Crippen LogP contribution in [0.1, 0.15) is 34.5 Å². The molecule has 0 atom stereocenters. The normalized spacial score (nSPS) is 13.6. The van der Waals surface area contributed by atoms with E-state index in [0.717, 1.165) is 38.1 Å². The molecule has 1 fully saturated rings. The maximum Gasteiger partial charge on any atom is 0.416 e. The Morgan fingerprint density at radius 3 is 2.53 bits per heavy atom. The molecule has 9 heteroatoms. The number of rotatable bonds is 7. The van der Waals surface area contributed by atoms with Gasteiger partial charge in [0.25, 0.3) is 5.91 Å². The van der Waals surface area contributed by atoms with Gasteiger partial charge in [-0.25, -0.2) is 0 Å². The maximum atomic E-state index is 13.3. The van der Waals surface area contributed by atoms with Crippen LogP contribution in [0.3, 0.4) is 0 Å². The first-order chi connectivity index (χ1) is 16.3. The molecule has 1 N–H and O–H groups in total. The largest absolute Gasteiger partial charge is 0.493 e. The summed E-state index contributed by atoms with van der Waals surface area (Å²) in [7, 11) is 1.48. The van der Waals surface area contributed by atoms with Gasteiger partial charge in [0.1, 0.15) is 6.61 Å². The number of alkyl halides is 3. The number of benzene rings is 2. The van der Waals surface area contributed by atoms with Crippen molar-refractivity contribution < 1.29 is 27.4 Å². The smallest absolute Gasteiger partial charge is 0.416 e. The van der Waals surface area contributed by atoms with Gasteiger partial charge in [-0.1, -0.05) is 6.07 Å². The molecular weight excluding hydrogens is 447 g/mol. The van der Waals surface area contributed by atoms with Crippen LogP contribution in [0.15, 0.2) is 60.8 Å². The molecule has 1 saturated heterocycles. The second kappa shape index (κ2) is 10.0. The van der Waals surface area contributed by atoms with E-state index in [1.54, 1.807) is 24.4 Å². The number of hydrogen-bond donors (Lipinski definition) is 1. The van der Waals surface area contributed by atoms with Gasteiger partial charge in [0.2, 0.25) is 0 Å². The van der Waals surface area contributed by atoms with E-state index >= 15 is 0 Å². The van der Waals surface area contributed by atoms with Gasteiger partial charge in [0, 0.05) is 24.8 Å². The monoisotopic (exact) mass is 471 g/mol. The molecule has 0 aliphatic carbocycles. The van der Waals surface area contributed by atoms with E-state index in [4.69, 9.17) is 9.47 Å². The lowest BCUT2D eigenvalue weighted by Gasteiger charge is -2.23. The van der Waals surface area contributed by atoms with Gasteiger partial charge in [-0.15, -0.1) is 0 Å². The summed E-state index contributed by atoms with van der Waals surface area (Å²) in [5.41, 5.74) is 0.785. The molecule has 1 aliphatic heterocycles. The number of ether oxygens (including phenoxy) is 2. The first-order valence-corrected chi connectivity index (χ1v) is 10.8. The van der Waals surface area contributed by atoms with Crippen LogP contribution < -0.4 is 19.7 Å². The van der Waals surface area contributed by atoms with E-state index in [1.165, 1.54) is 25.3 Å². The molecule has 2 heterocycles. The van der Waals surface area contributed by atoms with Crippen LogP contribution in [0, 0.1) is 0 Å². The predicted molar refractivity (Wildman–Crippen MR) is 122 cm³/mol. The van der Waals surface area contributed by atoms with Gasteiger partial charge in [-0.2, -0.15) is 13.2 Å². The summed E-state index contributed by atoms with van der Waals surface area (Å²) >= 11 is 0. The molecule has 0 bridgehead atoms. The molecule has 0 spiro atoms. The SMILES string of the molecule is COc1ccc(C(=O)Nc2cc(C(F)(F)F)ccc2N2CCCC2)cc1OCc1ccccn1. The molecule has 1 amide bonds. The molecule has 2 aromatic carbocycles. The number of nitrogens with one attached hydrogen (secondary N) is 1. The van der Waals surface area contributed by atoms with Crippen molar-refractivity contribution in [3.05, 3.63) is 77.6 Å². The number of anilines is 2. The number of carbonyl (C=O) groups is 1. The topological polar surface area (TPSA) is 63.7 Å². The summed E-state index contributed by atoms with van der Waals surface area (Å²) in [4.78, 5) is 19.2. The van der Waals surface area contributed by atoms with Crippen molar-refractivity contribution in [2.24, 2.45) is 0 Å². The average Bonchev–Trinajstić information content (AvgIpc) is 3.37. The lowest BCUT2D eigenvalue weighted by molar-refractivity contribution is -0.137. The number of hydrogen-bond acceptors (Lipinski definition) is 5. The number of nitrogens with zero attached hydrogens (tertiary/aromatic N) is 2. The van der Waals surface area contributed by atoms with Gasteiger partial charge in [0.05, 0.1) is 29.7 Å². The number of aromatic nitrogens is 1. The summed E-state index contributed by atoms with van der Waals surface area (Å²) in [6, 6.07) is 13.5. The van der Waals surface area contributed by atoms with Crippen molar-refractivity contribution in [1.82, 2.24) is 4.98 Å². The third kappa shape index (κ3) is 5.41. The van der Waals surface area contributed by atoms with Crippen molar-refractivity contribution in [3.63, 3.8) is 0 Å². The molecule has 34 heavy (non-hydrogen) atoms. The van der Waals surface area contributed by atoms with E-state index in [2.05, 4.69) is 10.3 Å². The summed E-state index contributed by atoms with van der Waals surface area (Å²) in [5.74, 6) is 0.194. The standard InChI is InChI=1S/C25H24F3N3O3/c1-33-22-10-7-17(14-23(22)34-16-19-6-2-3-11-29-19)24(32)30-20-15-18(25(26,27)28)8-9-21(20)31-12-4-5-13-31/h2-3,6-11,14-15H,4-5,12-13,16H2,1H3,(H,30,32). The van der Waals surface area contributed by atoms with Crippen LogP contribution in [0.4, 0.5) is 24.5 Å². The highest BCUT2D eigenvalue weighted by molar-refractivity contribution is 6.06. The first kappa shape index (κ1) is 23.4. The average molecular weight is 471 g/mol. The molecule has 4 rings (SSSR count). The fraction of sp³-hybridized carbons (Fsp3) is 0.280. The van der Waals surface area contributed by atoms with Crippen LogP contribution in [0.5, 0.6) is 11.5 Å². The van der Waals surface area contributed by atoms with Gasteiger partial charge >= 0.3 is 6.18 Å². The third-order valence-corrected chi connectivity index (χ3v) is 5.55. The van der Waals surface area contributed by atoms with Gasteiger partial charge < -0.3 is 19.7 Å². The fourth-order valence-corrected chi connectivity index (χ4v) is 3.81. The Morgan fingerprint density at radius 2 is 1.85 bits per heavy atom. The van der Waals surface area contributed by atoms with Crippen LogP contribution in [-0.2, 0) is 12.8 Å². The second-order valence-corrected chi connectivity index (χ2v) is 7.85. The predicted octanol–water partition coefficient (Wildman–Crippen LogP) is 5.54. The zero-order valence-corrected chi connectivity index (χ0v) is 18.6. The summed E-state index contributed by atoms with van der Waals surface area (Å²) in [6.07, 6.45) is -0.976. The Labute approximate surface area is 195 Å². The Hall–Kier alpha value is -3.75. The molecule has 178 valence electrons. The molecule has 1 aromatic heterocycles. The highest BCUT2D eigenvalue weighted by Gasteiger charge is 2.32. The molecule has 1 aliphatic rings. The van der Waals surface area contributed by atoms with Gasteiger partial charge in [-0.05, 0) is 61.4 Å². The van der Waals surface area contributed by atoms with Crippen molar-refractivity contribution in [2.75, 3.05) is 30.4 Å². The summed E-state index contributed by atoms with van der Waals surface area (Å²) in [5, 5.41) is 2.67. The van der Waals surface area contributed by atoms with Crippen LogP contribution in [0.25, 0.3) is 0 Å². The highest BCUT2D eigenvalue weighted by Crippen LogP contribution is 2.37. The van der Waals surface area contributed by atoms with E-state index in [9.17, 15) is 18.0 Å². The maximum absolute atomic E-state index is 13.3. The second-order valence-electron chi connectivity index (χ2n) is 7.85. The Bertz CT molecular complexity index is 1150. The third-order valence-electron chi connectivity index (χ3n) is 5.55. The number of pyridine rings is 1. The van der Waals surface area contributed by atoms with Gasteiger partial charge in [-0.3, -0.25) is 9.78 Å². The lowest BCUT2D eigenvalue weighted by Crippen LogP contribution is -2.22. The number of carbonyl (C=O) groups excluding carboxylic acids is 1. The number of methoxy groups -OCH3 is 1. The molecule has 6 nitrogen and oxygen atoms in total. The molecular formula is C25H24F3N3O3. The van der Waals surface area contributed by atoms with Crippen molar-refractivity contribution in [3.8, 4) is 11.5 Å². The van der Waals surface area contributed by atoms with Crippen molar-refractivity contribution in [1.29, 1.82) is 0 Å². The van der Waals surface area contributed by atoms with Crippen molar-refractivity contribution >= 4 is 17.3 Å². The minimum atomic E-state index is -4.52. The summed E-state index contributed by atoms with van der Waals surface area (Å²) < 4.78 is 51.1. The molecule has 0 unspecified atom stereocenters. The zero-order chi connectivity index (χ0) is 24.1. The summed E-state index contributed by atoms with van der Waals surface area (Å²) in [6.45, 7) is 1.61. The minimum Gasteiger partial charge on any atom is -0.493 e. The quantitative estimate of drug-likeness (QED) is 0.490. The zero-order valence-electron chi connectivity index (χ0n) is 18.6. The van der Waals surface area contributed by atoms with Crippen LogP contribution in [0.2, 0.25) is 0 Å². The highest BCUT2D eigenvalue weighted by atomic mass is 19.4. The van der Waals surface area contributed by atoms with E-state index < -0.39 is 17.6 Å². The van der Waals surface area contributed by atoms with Crippen LogP contribution >= 0.6 is 0 Å². The van der Waals surface area contributed by atoms with E-state index in [-0.39, 0.29) is 17.9 Å². The Morgan fingerprint density at radius 1 is 1.06 bits per heavy atom. The Kier molecular flexibility index (Phi) is 6.90. The minimum absolute atomic E-state index is 0.119. The number of amides is 1. The lowest BCUT2D eigenvalue weighted by atomic mass is 10.1. The van der Waals surface area contributed by atoms with Gasteiger partial charge in [0.15, 0.2) is 11.5 Å². The first-order valence-electron chi connectivity index (χ1n) is 10.8. The fourth-order valence-electron chi connectivity index (χ4n) is 3.81. The van der Waals surface area contributed by atoms with E-state index in [0.29, 0.717) is 22.9 Å². The molecule has 0 radical (unpaired) electrons. The van der Waals surface area contributed by atoms with Crippen LogP contribution in [-0.4, -0.2) is 31.1 Å². The number of halogens is 3. The van der Waals surface area contributed by atoms with E-state index in [1.807, 2.05) is 11.0 Å². The Balaban J connectivity index is 1.59. The van der Waals surface area contributed by atoms with Crippen molar-refractivity contribution in [2.45, 2.75) is 25.6 Å². The molecule has 3 aromatic rings. The molecule has 0 saturated carbocycles.